The highest BCUT2D eigenvalue weighted by molar-refractivity contribution is 7.89. The first-order chi connectivity index (χ1) is 9.42. The van der Waals surface area contributed by atoms with Gasteiger partial charge in [0.05, 0.1) is 4.90 Å². The van der Waals surface area contributed by atoms with E-state index in [-0.39, 0.29) is 22.8 Å². The van der Waals surface area contributed by atoms with Crippen molar-refractivity contribution >= 4 is 21.6 Å². The molecule has 0 aromatic heterocycles. The fraction of sp³-hybridized carbons (Fsp3) is 0.500. The molecule has 110 valence electrons. The third-order valence-electron chi connectivity index (χ3n) is 3.37. The van der Waals surface area contributed by atoms with Gasteiger partial charge in [0.2, 0.25) is 15.9 Å². The van der Waals surface area contributed by atoms with Crippen LogP contribution in [0.2, 0.25) is 0 Å². The van der Waals surface area contributed by atoms with Crippen molar-refractivity contribution in [2.45, 2.75) is 44.0 Å². The zero-order valence-corrected chi connectivity index (χ0v) is 12.5. The molecule has 1 aliphatic rings. The van der Waals surface area contributed by atoms with E-state index in [1.165, 1.54) is 12.1 Å². The van der Waals surface area contributed by atoms with Crippen LogP contribution in [0, 0.1) is 5.92 Å². The minimum Gasteiger partial charge on any atom is -0.326 e. The fourth-order valence-electron chi connectivity index (χ4n) is 1.68. The van der Waals surface area contributed by atoms with Gasteiger partial charge in [-0.15, -0.1) is 0 Å². The minimum absolute atomic E-state index is 0.0679. The minimum atomic E-state index is -3.48. The molecule has 0 bridgehead atoms. The summed E-state index contributed by atoms with van der Waals surface area (Å²) in [4.78, 5) is 12.0. The van der Waals surface area contributed by atoms with Crippen LogP contribution in [-0.2, 0) is 14.8 Å². The Kier molecular flexibility index (Phi) is 4.45. The van der Waals surface area contributed by atoms with E-state index in [0.29, 0.717) is 5.69 Å². The molecular formula is C14H20N2O3S. The second kappa shape index (κ2) is 5.93. The van der Waals surface area contributed by atoms with Gasteiger partial charge in [0.15, 0.2) is 0 Å². The van der Waals surface area contributed by atoms with Gasteiger partial charge in [-0.3, -0.25) is 4.79 Å². The zero-order valence-electron chi connectivity index (χ0n) is 11.7. The largest absolute Gasteiger partial charge is 0.326 e. The highest BCUT2D eigenvalue weighted by atomic mass is 32.2. The van der Waals surface area contributed by atoms with Crippen LogP contribution in [0.15, 0.2) is 29.2 Å². The van der Waals surface area contributed by atoms with Crippen molar-refractivity contribution in [1.29, 1.82) is 0 Å². The van der Waals surface area contributed by atoms with Crippen LogP contribution in [-0.4, -0.2) is 20.4 Å². The van der Waals surface area contributed by atoms with Crippen molar-refractivity contribution in [3.63, 3.8) is 0 Å². The van der Waals surface area contributed by atoms with E-state index in [2.05, 4.69) is 10.0 Å². The predicted octanol–water partition coefficient (Wildman–Crippen LogP) is 2.11. The molecule has 0 aliphatic heterocycles. The summed E-state index contributed by atoms with van der Waals surface area (Å²) < 4.78 is 26.8. The maximum absolute atomic E-state index is 12.1. The van der Waals surface area contributed by atoms with Gasteiger partial charge in [-0.1, -0.05) is 19.9 Å². The third-order valence-corrected chi connectivity index (χ3v) is 4.89. The number of rotatable bonds is 6. The molecule has 2 rings (SSSR count). The highest BCUT2D eigenvalue weighted by Gasteiger charge is 2.28. The van der Waals surface area contributed by atoms with Gasteiger partial charge in [0.1, 0.15) is 0 Å². The molecule has 6 heteroatoms. The van der Waals surface area contributed by atoms with Crippen LogP contribution in [0.3, 0.4) is 0 Å². The Hall–Kier alpha value is -1.40. The van der Waals surface area contributed by atoms with Crippen LogP contribution >= 0.6 is 0 Å². The van der Waals surface area contributed by atoms with Gasteiger partial charge in [0.25, 0.3) is 0 Å². The molecule has 1 amide bonds. The Balaban J connectivity index is 2.13. The van der Waals surface area contributed by atoms with Gasteiger partial charge in [-0.05, 0) is 37.5 Å². The Morgan fingerprint density at radius 2 is 2.10 bits per heavy atom. The number of benzene rings is 1. The number of hydrogen-bond acceptors (Lipinski definition) is 3. The number of amides is 1. The van der Waals surface area contributed by atoms with Crippen molar-refractivity contribution in [2.24, 2.45) is 5.92 Å². The van der Waals surface area contributed by atoms with Crippen LogP contribution in [0.1, 0.15) is 33.1 Å². The lowest BCUT2D eigenvalue weighted by Crippen LogP contribution is -2.26. The number of hydrogen-bond donors (Lipinski definition) is 2. The fourth-order valence-corrected chi connectivity index (χ4v) is 3.03. The number of anilines is 1. The summed E-state index contributed by atoms with van der Waals surface area (Å²) in [6.07, 6.45) is 2.53. The van der Waals surface area contributed by atoms with Crippen molar-refractivity contribution in [1.82, 2.24) is 4.72 Å². The summed E-state index contributed by atoms with van der Waals surface area (Å²) in [6.45, 7) is 3.77. The van der Waals surface area contributed by atoms with Crippen LogP contribution in [0.25, 0.3) is 0 Å². The van der Waals surface area contributed by atoms with Crippen molar-refractivity contribution in [3.05, 3.63) is 24.3 Å². The van der Waals surface area contributed by atoms with Crippen LogP contribution in [0.5, 0.6) is 0 Å². The first-order valence-electron chi connectivity index (χ1n) is 6.85. The van der Waals surface area contributed by atoms with Gasteiger partial charge >= 0.3 is 0 Å². The number of carbonyl (C=O) groups is 1. The molecule has 20 heavy (non-hydrogen) atoms. The standard InChI is InChI=1S/C14H20N2O3S/c1-3-10(2)14(17)15-12-5-4-6-13(9-12)20(18,19)16-11-7-8-11/h4-6,9-11,16H,3,7-8H2,1-2H3,(H,15,17)/t10-/m1/s1. The Labute approximate surface area is 119 Å². The molecule has 1 aromatic rings. The first-order valence-corrected chi connectivity index (χ1v) is 8.34. The maximum atomic E-state index is 12.1. The van der Waals surface area contributed by atoms with Crippen LogP contribution in [0.4, 0.5) is 5.69 Å². The third kappa shape index (κ3) is 3.80. The average molecular weight is 296 g/mol. The van der Waals surface area contributed by atoms with Crippen molar-refractivity contribution < 1.29 is 13.2 Å². The maximum Gasteiger partial charge on any atom is 0.240 e. The SMILES string of the molecule is CC[C@@H](C)C(=O)Nc1cccc(S(=O)(=O)NC2CC2)c1. The average Bonchev–Trinajstić information content (AvgIpc) is 3.21. The van der Waals surface area contributed by atoms with E-state index in [1.54, 1.807) is 12.1 Å². The summed E-state index contributed by atoms with van der Waals surface area (Å²) in [6, 6.07) is 6.41. The van der Waals surface area contributed by atoms with Gasteiger partial charge in [-0.2, -0.15) is 0 Å². The van der Waals surface area contributed by atoms with E-state index < -0.39 is 10.0 Å². The zero-order chi connectivity index (χ0) is 14.8. The normalized spacial score (nSPS) is 16.7. The molecule has 1 fully saturated rings. The smallest absolute Gasteiger partial charge is 0.240 e. The molecule has 0 heterocycles. The summed E-state index contributed by atoms with van der Waals surface area (Å²) in [7, 11) is -3.48. The summed E-state index contributed by atoms with van der Waals surface area (Å²) in [5, 5.41) is 2.74. The quantitative estimate of drug-likeness (QED) is 0.844. The topological polar surface area (TPSA) is 75.3 Å². The molecule has 1 aromatic carbocycles. The Morgan fingerprint density at radius 1 is 1.40 bits per heavy atom. The number of carbonyl (C=O) groups excluding carboxylic acids is 1. The molecule has 1 saturated carbocycles. The predicted molar refractivity (Wildman–Crippen MR) is 77.9 cm³/mol. The Bertz CT molecular complexity index is 594. The van der Waals surface area contributed by atoms with Crippen molar-refractivity contribution in [2.75, 3.05) is 5.32 Å². The summed E-state index contributed by atoms with van der Waals surface area (Å²) in [5.41, 5.74) is 0.508. The lowest BCUT2D eigenvalue weighted by atomic mass is 10.1. The Morgan fingerprint density at radius 3 is 2.70 bits per heavy atom. The summed E-state index contributed by atoms with van der Waals surface area (Å²) >= 11 is 0. The van der Waals surface area contributed by atoms with Crippen LogP contribution < -0.4 is 10.0 Å². The van der Waals surface area contributed by atoms with Gasteiger partial charge < -0.3 is 5.32 Å². The number of sulfonamides is 1. The highest BCUT2D eigenvalue weighted by Crippen LogP contribution is 2.23. The molecular weight excluding hydrogens is 276 g/mol. The number of nitrogens with one attached hydrogen (secondary N) is 2. The van der Waals surface area contributed by atoms with Gasteiger partial charge in [0, 0.05) is 17.6 Å². The molecule has 0 radical (unpaired) electrons. The molecule has 0 spiro atoms. The lowest BCUT2D eigenvalue weighted by molar-refractivity contribution is -0.119. The molecule has 0 saturated heterocycles. The summed E-state index contributed by atoms with van der Waals surface area (Å²) in [5.74, 6) is -0.197. The van der Waals surface area contributed by atoms with E-state index in [4.69, 9.17) is 0 Å². The van der Waals surface area contributed by atoms with E-state index in [9.17, 15) is 13.2 Å². The molecule has 2 N–H and O–H groups in total. The molecule has 1 atom stereocenters. The molecule has 0 unspecified atom stereocenters. The second-order valence-electron chi connectivity index (χ2n) is 5.22. The lowest BCUT2D eigenvalue weighted by Gasteiger charge is -2.11. The molecule has 1 aliphatic carbocycles. The van der Waals surface area contributed by atoms with E-state index >= 15 is 0 Å². The van der Waals surface area contributed by atoms with Crippen molar-refractivity contribution in [3.8, 4) is 0 Å². The second-order valence-corrected chi connectivity index (χ2v) is 6.94. The first kappa shape index (κ1) is 15.0. The van der Waals surface area contributed by atoms with Gasteiger partial charge in [-0.25, -0.2) is 13.1 Å². The molecule has 5 nitrogen and oxygen atoms in total. The van der Waals surface area contributed by atoms with E-state index in [0.717, 1.165) is 19.3 Å². The monoisotopic (exact) mass is 296 g/mol. The van der Waals surface area contributed by atoms with E-state index in [1.807, 2.05) is 13.8 Å².